The molecule has 0 bridgehead atoms. The first-order chi connectivity index (χ1) is 13.5. The predicted molar refractivity (Wildman–Crippen MR) is 111 cm³/mol. The zero-order valence-corrected chi connectivity index (χ0v) is 17.0. The molecule has 1 amide bonds. The fraction of sp³-hybridized carbons (Fsp3) is 0.619. The summed E-state index contributed by atoms with van der Waals surface area (Å²) in [5.74, 6) is 0.491. The number of hydrogen-bond donors (Lipinski definition) is 2. The van der Waals surface area contributed by atoms with Gasteiger partial charge in [0.05, 0.1) is 0 Å². The SMILES string of the molecule is CN(C)C(=O)CN=C(NC1CCCC1)NC1CCCN(c2cccc(F)c2)C1. The van der Waals surface area contributed by atoms with Gasteiger partial charge in [0.2, 0.25) is 5.91 Å². The molecule has 1 aliphatic carbocycles. The first-order valence-corrected chi connectivity index (χ1v) is 10.3. The second-order valence-corrected chi connectivity index (χ2v) is 7.99. The summed E-state index contributed by atoms with van der Waals surface area (Å²) in [4.78, 5) is 20.3. The number of halogens is 1. The molecule has 3 rings (SSSR count). The van der Waals surface area contributed by atoms with Crippen molar-refractivity contribution in [2.24, 2.45) is 4.99 Å². The molecule has 0 radical (unpaired) electrons. The van der Waals surface area contributed by atoms with E-state index in [-0.39, 0.29) is 24.3 Å². The molecule has 6 nitrogen and oxygen atoms in total. The highest BCUT2D eigenvalue weighted by atomic mass is 19.1. The first kappa shape index (κ1) is 20.4. The Hall–Kier alpha value is -2.31. The molecule has 1 heterocycles. The van der Waals surface area contributed by atoms with E-state index in [1.165, 1.54) is 18.9 Å². The zero-order valence-electron chi connectivity index (χ0n) is 17.0. The summed E-state index contributed by atoms with van der Waals surface area (Å²) in [5, 5.41) is 7.04. The lowest BCUT2D eigenvalue weighted by Crippen LogP contribution is -2.53. The van der Waals surface area contributed by atoms with Gasteiger partial charge in [0, 0.05) is 45.0 Å². The summed E-state index contributed by atoms with van der Waals surface area (Å²) in [6.45, 7) is 1.84. The number of guanidine groups is 1. The van der Waals surface area contributed by atoms with Crippen molar-refractivity contribution in [3.63, 3.8) is 0 Å². The number of piperidine rings is 1. The topological polar surface area (TPSA) is 60.0 Å². The van der Waals surface area contributed by atoms with Crippen LogP contribution in [0.1, 0.15) is 38.5 Å². The van der Waals surface area contributed by atoms with E-state index in [0.717, 1.165) is 44.5 Å². The lowest BCUT2D eigenvalue weighted by molar-refractivity contribution is -0.127. The van der Waals surface area contributed by atoms with Crippen LogP contribution in [0.4, 0.5) is 10.1 Å². The molecule has 1 aromatic rings. The van der Waals surface area contributed by atoms with Gasteiger partial charge in [-0.05, 0) is 43.9 Å². The average Bonchev–Trinajstić information content (AvgIpc) is 3.19. The lowest BCUT2D eigenvalue weighted by atomic mass is 10.0. The minimum absolute atomic E-state index is 0.0162. The van der Waals surface area contributed by atoms with E-state index in [1.807, 2.05) is 6.07 Å². The fourth-order valence-electron chi connectivity index (χ4n) is 3.88. The van der Waals surface area contributed by atoms with Crippen molar-refractivity contribution in [2.45, 2.75) is 50.6 Å². The Morgan fingerprint density at radius 3 is 2.61 bits per heavy atom. The fourth-order valence-corrected chi connectivity index (χ4v) is 3.88. The standard InChI is InChI=1S/C21H32FN5O/c1-26(2)20(28)14-23-21(24-17-8-3-4-9-17)25-18-10-6-12-27(15-18)19-11-5-7-16(22)13-19/h5,7,11,13,17-18H,3-4,6,8-10,12,14-15H2,1-2H3,(H2,23,24,25). The Kier molecular flexibility index (Phi) is 7.12. The van der Waals surface area contributed by atoms with Crippen molar-refractivity contribution in [1.82, 2.24) is 15.5 Å². The van der Waals surface area contributed by atoms with E-state index in [0.29, 0.717) is 12.0 Å². The number of carbonyl (C=O) groups excluding carboxylic acids is 1. The third kappa shape index (κ3) is 5.84. The van der Waals surface area contributed by atoms with E-state index in [2.05, 4.69) is 20.5 Å². The van der Waals surface area contributed by atoms with Crippen LogP contribution in [-0.4, -0.2) is 62.6 Å². The molecular weight excluding hydrogens is 357 g/mol. The number of rotatable bonds is 5. The van der Waals surface area contributed by atoms with Crippen LogP contribution in [-0.2, 0) is 4.79 Å². The molecule has 154 valence electrons. The molecule has 1 aromatic carbocycles. The Bertz CT molecular complexity index is 687. The molecule has 2 aliphatic rings. The van der Waals surface area contributed by atoms with Crippen LogP contribution >= 0.6 is 0 Å². The third-order valence-electron chi connectivity index (χ3n) is 5.50. The van der Waals surface area contributed by atoms with Crippen molar-refractivity contribution < 1.29 is 9.18 Å². The minimum atomic E-state index is -0.208. The lowest BCUT2D eigenvalue weighted by Gasteiger charge is -2.35. The van der Waals surface area contributed by atoms with E-state index in [1.54, 1.807) is 31.1 Å². The highest BCUT2D eigenvalue weighted by Gasteiger charge is 2.23. The third-order valence-corrected chi connectivity index (χ3v) is 5.50. The molecule has 1 saturated heterocycles. The van der Waals surface area contributed by atoms with Crippen LogP contribution in [0.2, 0.25) is 0 Å². The first-order valence-electron chi connectivity index (χ1n) is 10.3. The summed E-state index contributed by atoms with van der Waals surface area (Å²) >= 11 is 0. The number of hydrogen-bond acceptors (Lipinski definition) is 3. The molecule has 28 heavy (non-hydrogen) atoms. The van der Waals surface area contributed by atoms with Gasteiger partial charge in [-0.2, -0.15) is 0 Å². The van der Waals surface area contributed by atoms with Gasteiger partial charge >= 0.3 is 0 Å². The summed E-state index contributed by atoms with van der Waals surface area (Å²) in [6.07, 6.45) is 6.81. The predicted octanol–water partition coefficient (Wildman–Crippen LogP) is 2.36. The highest BCUT2D eigenvalue weighted by Crippen LogP contribution is 2.21. The molecule has 1 unspecified atom stereocenters. The molecule has 7 heteroatoms. The van der Waals surface area contributed by atoms with Crippen molar-refractivity contribution in [1.29, 1.82) is 0 Å². The normalized spacial score (nSPS) is 20.9. The molecular formula is C21H32FN5O. The average molecular weight is 390 g/mol. The largest absolute Gasteiger partial charge is 0.369 e. The van der Waals surface area contributed by atoms with Gasteiger partial charge in [0.15, 0.2) is 5.96 Å². The Morgan fingerprint density at radius 1 is 1.18 bits per heavy atom. The van der Waals surface area contributed by atoms with Crippen LogP contribution < -0.4 is 15.5 Å². The molecule has 1 atom stereocenters. The highest BCUT2D eigenvalue weighted by molar-refractivity contribution is 5.85. The maximum atomic E-state index is 13.6. The van der Waals surface area contributed by atoms with Crippen LogP contribution in [0.3, 0.4) is 0 Å². The number of carbonyl (C=O) groups is 1. The summed E-state index contributed by atoms with van der Waals surface area (Å²) < 4.78 is 13.6. The van der Waals surface area contributed by atoms with Gasteiger partial charge in [-0.1, -0.05) is 18.9 Å². The Morgan fingerprint density at radius 2 is 1.89 bits per heavy atom. The Labute approximate surface area is 167 Å². The number of anilines is 1. The van der Waals surface area contributed by atoms with Gasteiger partial charge in [-0.15, -0.1) is 0 Å². The summed E-state index contributed by atoms with van der Waals surface area (Å²) in [6, 6.07) is 7.39. The van der Waals surface area contributed by atoms with E-state index >= 15 is 0 Å². The second kappa shape index (κ2) is 9.75. The number of aliphatic imine (C=N–C) groups is 1. The van der Waals surface area contributed by atoms with Gasteiger partial charge in [-0.3, -0.25) is 4.79 Å². The quantitative estimate of drug-likeness (QED) is 0.600. The van der Waals surface area contributed by atoms with E-state index in [9.17, 15) is 9.18 Å². The number of amides is 1. The number of benzene rings is 1. The van der Waals surface area contributed by atoms with Crippen molar-refractivity contribution >= 4 is 17.6 Å². The van der Waals surface area contributed by atoms with Crippen LogP contribution in [0.15, 0.2) is 29.3 Å². The molecule has 2 N–H and O–H groups in total. The van der Waals surface area contributed by atoms with Gasteiger partial charge in [0.1, 0.15) is 12.4 Å². The van der Waals surface area contributed by atoms with E-state index in [4.69, 9.17) is 0 Å². The zero-order chi connectivity index (χ0) is 19.9. The number of nitrogens with zero attached hydrogens (tertiary/aromatic N) is 3. The van der Waals surface area contributed by atoms with Crippen LogP contribution in [0.25, 0.3) is 0 Å². The number of nitrogens with one attached hydrogen (secondary N) is 2. The molecule has 1 saturated carbocycles. The Balaban J connectivity index is 1.64. The molecule has 0 spiro atoms. The molecule has 0 aromatic heterocycles. The van der Waals surface area contributed by atoms with Crippen LogP contribution in [0.5, 0.6) is 0 Å². The smallest absolute Gasteiger partial charge is 0.243 e. The van der Waals surface area contributed by atoms with Crippen molar-refractivity contribution in [3.05, 3.63) is 30.1 Å². The molecule has 2 fully saturated rings. The molecule has 1 aliphatic heterocycles. The van der Waals surface area contributed by atoms with Crippen molar-refractivity contribution in [2.75, 3.05) is 38.6 Å². The maximum absolute atomic E-state index is 13.6. The van der Waals surface area contributed by atoms with Gasteiger partial charge < -0.3 is 20.4 Å². The summed E-state index contributed by atoms with van der Waals surface area (Å²) in [7, 11) is 3.49. The number of likely N-dealkylation sites (N-methyl/N-ethyl adjacent to an activating group) is 1. The van der Waals surface area contributed by atoms with Gasteiger partial charge in [0.25, 0.3) is 0 Å². The van der Waals surface area contributed by atoms with Crippen LogP contribution in [0, 0.1) is 5.82 Å². The monoisotopic (exact) mass is 389 g/mol. The van der Waals surface area contributed by atoms with Crippen molar-refractivity contribution in [3.8, 4) is 0 Å². The maximum Gasteiger partial charge on any atom is 0.243 e. The minimum Gasteiger partial charge on any atom is -0.369 e. The summed E-state index contributed by atoms with van der Waals surface area (Å²) in [5.41, 5.74) is 0.913. The van der Waals surface area contributed by atoms with E-state index < -0.39 is 0 Å². The second-order valence-electron chi connectivity index (χ2n) is 7.99. The van der Waals surface area contributed by atoms with Gasteiger partial charge in [-0.25, -0.2) is 9.38 Å².